The summed E-state index contributed by atoms with van der Waals surface area (Å²) in [5, 5.41) is 14.5. The number of nitrogens with one attached hydrogen (secondary N) is 1. The van der Waals surface area contributed by atoms with E-state index in [2.05, 4.69) is 15.3 Å². The van der Waals surface area contributed by atoms with Gasteiger partial charge in [-0.15, -0.1) is 0 Å². The van der Waals surface area contributed by atoms with E-state index in [1.54, 1.807) is 0 Å². The number of fused-ring (bicyclic) bond motifs is 1. The molecule has 4 nitrogen and oxygen atoms in total. The number of aromatic nitrogens is 2. The molecule has 0 saturated carbocycles. The van der Waals surface area contributed by atoms with Crippen LogP contribution in [-0.4, -0.2) is 27.2 Å². The zero-order valence-corrected chi connectivity index (χ0v) is 11.9. The summed E-state index contributed by atoms with van der Waals surface area (Å²) in [4.78, 5) is 8.37. The zero-order valence-electron chi connectivity index (χ0n) is 11.2. The van der Waals surface area contributed by atoms with Crippen LogP contribution < -0.4 is 5.32 Å². The zero-order chi connectivity index (χ0) is 13.9. The molecule has 1 atom stereocenters. The number of para-hydroxylation sites is 1. The summed E-state index contributed by atoms with van der Waals surface area (Å²) in [6.45, 7) is 4.29. The van der Waals surface area contributed by atoms with Gasteiger partial charge in [-0.3, -0.25) is 0 Å². The third-order valence-corrected chi connectivity index (χ3v) is 3.17. The van der Waals surface area contributed by atoms with E-state index in [9.17, 15) is 5.11 Å². The minimum Gasteiger partial charge on any atom is -0.388 e. The number of hydrogen-bond acceptors (Lipinski definition) is 4. The van der Waals surface area contributed by atoms with E-state index >= 15 is 0 Å². The summed E-state index contributed by atoms with van der Waals surface area (Å²) in [7, 11) is 0. The van der Waals surface area contributed by atoms with E-state index < -0.39 is 5.60 Å². The fraction of sp³-hybridized carbons (Fsp3) is 0.429. The van der Waals surface area contributed by atoms with E-state index in [4.69, 9.17) is 11.6 Å². The predicted octanol–water partition coefficient (Wildman–Crippen LogP) is 3.25. The Kier molecular flexibility index (Phi) is 4.22. The molecule has 0 radical (unpaired) electrons. The van der Waals surface area contributed by atoms with Gasteiger partial charge in [0, 0.05) is 11.9 Å². The van der Waals surface area contributed by atoms with Crippen LogP contribution in [0.25, 0.3) is 10.9 Å². The van der Waals surface area contributed by atoms with Crippen LogP contribution in [-0.2, 0) is 0 Å². The summed E-state index contributed by atoms with van der Waals surface area (Å²) in [6, 6.07) is 7.65. The summed E-state index contributed by atoms with van der Waals surface area (Å²) in [5.41, 5.74) is 0.0351. The van der Waals surface area contributed by atoms with Gasteiger partial charge in [-0.05, 0) is 37.1 Å². The van der Waals surface area contributed by atoms with Gasteiger partial charge in [-0.25, -0.2) is 9.97 Å². The highest BCUT2D eigenvalue weighted by atomic mass is 35.5. The average Bonchev–Trinajstić information content (AvgIpc) is 2.36. The Morgan fingerprint density at radius 1 is 1.32 bits per heavy atom. The molecule has 0 aliphatic rings. The predicted molar refractivity (Wildman–Crippen MR) is 78.6 cm³/mol. The lowest BCUT2D eigenvalue weighted by Gasteiger charge is -2.23. The van der Waals surface area contributed by atoms with Crippen molar-refractivity contribution in [2.24, 2.45) is 0 Å². The molecule has 102 valence electrons. The van der Waals surface area contributed by atoms with E-state index in [1.807, 2.05) is 38.1 Å². The molecular weight excluding hydrogens is 262 g/mol. The second-order valence-electron chi connectivity index (χ2n) is 4.96. The van der Waals surface area contributed by atoms with Crippen molar-refractivity contribution in [2.75, 3.05) is 11.9 Å². The standard InChI is InChI=1S/C14H18ClN3O/c1-3-8-14(2,19)9-16-12-10-6-4-5-7-11(10)17-13(15)18-12/h4-7,19H,3,8-9H2,1-2H3,(H,16,17,18). The van der Waals surface area contributed by atoms with E-state index in [1.165, 1.54) is 0 Å². The molecular formula is C14H18ClN3O. The number of halogens is 1. The Morgan fingerprint density at radius 3 is 2.79 bits per heavy atom. The van der Waals surface area contributed by atoms with Gasteiger partial charge >= 0.3 is 0 Å². The highest BCUT2D eigenvalue weighted by molar-refractivity contribution is 6.28. The molecule has 2 aromatic rings. The molecule has 19 heavy (non-hydrogen) atoms. The van der Waals surface area contributed by atoms with Crippen molar-refractivity contribution in [3.8, 4) is 0 Å². The second kappa shape index (κ2) is 5.72. The lowest BCUT2D eigenvalue weighted by Crippen LogP contribution is -2.33. The Balaban J connectivity index is 2.25. The Labute approximate surface area is 117 Å². The number of benzene rings is 1. The second-order valence-corrected chi connectivity index (χ2v) is 5.30. The van der Waals surface area contributed by atoms with Crippen molar-refractivity contribution >= 4 is 28.3 Å². The first-order valence-corrected chi connectivity index (χ1v) is 6.78. The van der Waals surface area contributed by atoms with E-state index in [0.29, 0.717) is 12.4 Å². The van der Waals surface area contributed by atoms with Crippen molar-refractivity contribution in [1.82, 2.24) is 9.97 Å². The van der Waals surface area contributed by atoms with Gasteiger partial charge in [-0.1, -0.05) is 25.5 Å². The molecule has 0 spiro atoms. The minimum atomic E-state index is -0.757. The van der Waals surface area contributed by atoms with Gasteiger partial charge in [0.05, 0.1) is 11.1 Å². The Hall–Kier alpha value is -1.39. The van der Waals surface area contributed by atoms with Crippen molar-refractivity contribution in [1.29, 1.82) is 0 Å². The Bertz CT molecular complexity index is 572. The molecule has 1 aromatic carbocycles. The van der Waals surface area contributed by atoms with Crippen molar-refractivity contribution in [3.05, 3.63) is 29.5 Å². The lowest BCUT2D eigenvalue weighted by atomic mass is 10.0. The van der Waals surface area contributed by atoms with Gasteiger partial charge in [0.15, 0.2) is 0 Å². The minimum absolute atomic E-state index is 0.205. The molecule has 0 amide bonds. The Morgan fingerprint density at radius 2 is 2.05 bits per heavy atom. The maximum absolute atomic E-state index is 10.2. The fourth-order valence-electron chi connectivity index (χ4n) is 2.08. The highest BCUT2D eigenvalue weighted by Gasteiger charge is 2.19. The SMILES string of the molecule is CCCC(C)(O)CNc1nc(Cl)nc2ccccc12. The monoisotopic (exact) mass is 279 g/mol. The van der Waals surface area contributed by atoms with Crippen LogP contribution in [0.2, 0.25) is 5.28 Å². The topological polar surface area (TPSA) is 58.0 Å². The van der Waals surface area contributed by atoms with Crippen LogP contribution in [0, 0.1) is 0 Å². The van der Waals surface area contributed by atoms with E-state index in [0.717, 1.165) is 23.7 Å². The van der Waals surface area contributed by atoms with Crippen LogP contribution in [0.5, 0.6) is 0 Å². The summed E-state index contributed by atoms with van der Waals surface area (Å²) >= 11 is 5.91. The maximum Gasteiger partial charge on any atom is 0.224 e. The van der Waals surface area contributed by atoms with Crippen LogP contribution >= 0.6 is 11.6 Å². The highest BCUT2D eigenvalue weighted by Crippen LogP contribution is 2.23. The molecule has 5 heteroatoms. The normalized spacial score (nSPS) is 14.3. The van der Waals surface area contributed by atoms with Crippen molar-refractivity contribution < 1.29 is 5.11 Å². The van der Waals surface area contributed by atoms with E-state index in [-0.39, 0.29) is 5.28 Å². The largest absolute Gasteiger partial charge is 0.388 e. The van der Waals surface area contributed by atoms with Crippen LogP contribution in [0.3, 0.4) is 0 Å². The summed E-state index contributed by atoms with van der Waals surface area (Å²) in [6.07, 6.45) is 1.66. The molecule has 2 N–H and O–H groups in total. The summed E-state index contributed by atoms with van der Waals surface area (Å²) in [5.74, 6) is 0.659. The number of aliphatic hydroxyl groups is 1. The lowest BCUT2D eigenvalue weighted by molar-refractivity contribution is 0.0636. The molecule has 1 unspecified atom stereocenters. The molecule has 1 heterocycles. The first-order valence-electron chi connectivity index (χ1n) is 6.40. The molecule has 0 aliphatic heterocycles. The van der Waals surface area contributed by atoms with Crippen LogP contribution in [0.4, 0.5) is 5.82 Å². The van der Waals surface area contributed by atoms with Crippen LogP contribution in [0.15, 0.2) is 24.3 Å². The maximum atomic E-state index is 10.2. The van der Waals surface area contributed by atoms with Crippen molar-refractivity contribution in [3.63, 3.8) is 0 Å². The van der Waals surface area contributed by atoms with Gasteiger partial charge in [0.25, 0.3) is 0 Å². The fourth-order valence-corrected chi connectivity index (χ4v) is 2.26. The molecule has 1 aromatic heterocycles. The smallest absolute Gasteiger partial charge is 0.224 e. The van der Waals surface area contributed by atoms with Gasteiger partial charge in [0.1, 0.15) is 5.82 Å². The van der Waals surface area contributed by atoms with Crippen LogP contribution in [0.1, 0.15) is 26.7 Å². The third-order valence-electron chi connectivity index (χ3n) is 3.00. The first-order chi connectivity index (χ1) is 9.02. The molecule has 0 fully saturated rings. The third kappa shape index (κ3) is 3.55. The number of anilines is 1. The van der Waals surface area contributed by atoms with Gasteiger partial charge in [0.2, 0.25) is 5.28 Å². The average molecular weight is 280 g/mol. The molecule has 0 saturated heterocycles. The number of nitrogens with zero attached hydrogens (tertiary/aromatic N) is 2. The number of hydrogen-bond donors (Lipinski definition) is 2. The van der Waals surface area contributed by atoms with Gasteiger partial charge in [-0.2, -0.15) is 0 Å². The van der Waals surface area contributed by atoms with Crippen molar-refractivity contribution in [2.45, 2.75) is 32.3 Å². The molecule has 0 aliphatic carbocycles. The number of rotatable bonds is 5. The summed E-state index contributed by atoms with van der Waals surface area (Å²) < 4.78 is 0. The van der Waals surface area contributed by atoms with Gasteiger partial charge < -0.3 is 10.4 Å². The molecule has 0 bridgehead atoms. The first kappa shape index (κ1) is 14.0. The quantitative estimate of drug-likeness (QED) is 0.825. The molecule has 2 rings (SSSR count).